The molecule has 2 aliphatic rings. The fourth-order valence-corrected chi connectivity index (χ4v) is 4.20. The summed E-state index contributed by atoms with van der Waals surface area (Å²) in [6, 6.07) is 14.0. The van der Waals surface area contributed by atoms with E-state index in [4.69, 9.17) is 9.47 Å². The molecule has 0 N–H and O–H groups in total. The Balaban J connectivity index is 1.44. The van der Waals surface area contributed by atoms with Crippen molar-refractivity contribution < 1.29 is 14.3 Å². The van der Waals surface area contributed by atoms with Crippen LogP contribution < -0.4 is 4.74 Å². The normalized spacial score (nSPS) is 19.8. The first-order chi connectivity index (χ1) is 14.3. The second-order valence-corrected chi connectivity index (χ2v) is 8.10. The summed E-state index contributed by atoms with van der Waals surface area (Å²) in [7, 11) is 0. The Morgan fingerprint density at radius 2 is 1.86 bits per heavy atom. The van der Waals surface area contributed by atoms with E-state index in [1.165, 1.54) is 6.42 Å². The van der Waals surface area contributed by atoms with Crippen LogP contribution >= 0.6 is 0 Å². The zero-order chi connectivity index (χ0) is 19.9. The van der Waals surface area contributed by atoms with Gasteiger partial charge in [-0.3, -0.25) is 9.78 Å². The molecule has 5 heteroatoms. The molecule has 0 radical (unpaired) electrons. The Labute approximate surface area is 173 Å². The lowest BCUT2D eigenvalue weighted by molar-refractivity contribution is -0.138. The minimum atomic E-state index is 0.148. The van der Waals surface area contributed by atoms with E-state index in [0.717, 1.165) is 55.7 Å². The molecule has 4 rings (SSSR count). The summed E-state index contributed by atoms with van der Waals surface area (Å²) < 4.78 is 11.3. The molecule has 1 aliphatic heterocycles. The molecule has 2 fully saturated rings. The van der Waals surface area contributed by atoms with Crippen LogP contribution in [0.4, 0.5) is 0 Å². The van der Waals surface area contributed by atoms with Crippen molar-refractivity contribution in [1.29, 1.82) is 0 Å². The summed E-state index contributed by atoms with van der Waals surface area (Å²) in [4.78, 5) is 19.7. The molecule has 1 atom stereocenters. The summed E-state index contributed by atoms with van der Waals surface area (Å²) in [5.41, 5.74) is 2.04. The third kappa shape index (κ3) is 5.57. The largest absolute Gasteiger partial charge is 0.488 e. The lowest BCUT2D eigenvalue weighted by Gasteiger charge is -2.29. The highest BCUT2D eigenvalue weighted by Crippen LogP contribution is 2.27. The minimum absolute atomic E-state index is 0.148. The fourth-order valence-electron chi connectivity index (χ4n) is 4.20. The maximum absolute atomic E-state index is 13.3. The molecular weight excluding hydrogens is 364 g/mol. The van der Waals surface area contributed by atoms with Gasteiger partial charge in [0.1, 0.15) is 11.9 Å². The molecule has 1 saturated heterocycles. The van der Waals surface area contributed by atoms with Crippen LogP contribution in [0.2, 0.25) is 0 Å². The molecule has 0 spiro atoms. The van der Waals surface area contributed by atoms with E-state index in [2.05, 4.69) is 17.1 Å². The average molecular weight is 395 g/mol. The van der Waals surface area contributed by atoms with Gasteiger partial charge in [0.05, 0.1) is 25.5 Å². The second kappa shape index (κ2) is 9.88. The first-order valence-corrected chi connectivity index (χ1v) is 10.8. The van der Waals surface area contributed by atoms with E-state index < -0.39 is 0 Å². The molecule has 1 amide bonds. The predicted octanol–water partition coefficient (Wildman–Crippen LogP) is 4.36. The number of carbonyl (C=O) groups is 1. The molecular formula is C24H30N2O3. The van der Waals surface area contributed by atoms with Gasteiger partial charge in [0.25, 0.3) is 0 Å². The highest BCUT2D eigenvalue weighted by molar-refractivity contribution is 5.79. The number of hydrogen-bond donors (Lipinski definition) is 0. The van der Waals surface area contributed by atoms with Crippen molar-refractivity contribution in [3.8, 4) is 5.75 Å². The number of aromatic nitrogens is 1. The van der Waals surface area contributed by atoms with Crippen molar-refractivity contribution in [1.82, 2.24) is 9.88 Å². The Bertz CT molecular complexity index is 766. The molecule has 1 aromatic carbocycles. The van der Waals surface area contributed by atoms with Gasteiger partial charge in [0, 0.05) is 25.1 Å². The van der Waals surface area contributed by atoms with Crippen molar-refractivity contribution in [2.24, 2.45) is 5.92 Å². The molecule has 5 nitrogen and oxygen atoms in total. The molecule has 1 saturated carbocycles. The smallest absolute Gasteiger partial charge is 0.226 e. The first-order valence-electron chi connectivity index (χ1n) is 10.8. The first kappa shape index (κ1) is 19.9. The minimum Gasteiger partial charge on any atom is -0.488 e. The quantitative estimate of drug-likeness (QED) is 0.700. The number of pyridine rings is 1. The van der Waals surface area contributed by atoms with E-state index in [0.29, 0.717) is 19.7 Å². The molecule has 1 aliphatic carbocycles. The highest BCUT2D eigenvalue weighted by Gasteiger charge is 2.26. The second-order valence-electron chi connectivity index (χ2n) is 8.10. The monoisotopic (exact) mass is 394 g/mol. The third-order valence-corrected chi connectivity index (χ3v) is 5.83. The predicted molar refractivity (Wildman–Crippen MR) is 111 cm³/mol. The summed E-state index contributed by atoms with van der Waals surface area (Å²) in [6.07, 6.45) is 8.45. The summed E-state index contributed by atoms with van der Waals surface area (Å²) >= 11 is 0. The van der Waals surface area contributed by atoms with Crippen LogP contribution in [0.15, 0.2) is 48.7 Å². The van der Waals surface area contributed by atoms with E-state index in [1.54, 1.807) is 6.20 Å². The van der Waals surface area contributed by atoms with Gasteiger partial charge in [0.15, 0.2) is 0 Å². The van der Waals surface area contributed by atoms with Crippen LogP contribution in [0, 0.1) is 5.92 Å². The summed E-state index contributed by atoms with van der Waals surface area (Å²) in [5.74, 6) is 1.27. The zero-order valence-corrected chi connectivity index (χ0v) is 17.0. The van der Waals surface area contributed by atoms with Gasteiger partial charge in [0.2, 0.25) is 5.91 Å². The standard InChI is InChI=1S/C24H30N2O3/c27-24(20-6-2-1-3-7-20)26(17-21-8-4-5-14-25-21)16-19-9-11-22(12-10-19)29-23-13-15-28-18-23/h4-5,8-12,14,20,23H,1-3,6-7,13,15-18H2. The van der Waals surface area contributed by atoms with Gasteiger partial charge in [-0.25, -0.2) is 0 Å². The number of ether oxygens (including phenoxy) is 2. The number of amides is 1. The molecule has 154 valence electrons. The molecule has 0 bridgehead atoms. The van der Waals surface area contributed by atoms with Crippen molar-refractivity contribution in [2.75, 3.05) is 13.2 Å². The Kier molecular flexibility index (Phi) is 6.78. The molecule has 1 unspecified atom stereocenters. The number of benzene rings is 1. The number of rotatable bonds is 7. The lowest BCUT2D eigenvalue weighted by Crippen LogP contribution is -2.36. The number of hydrogen-bond acceptors (Lipinski definition) is 4. The van der Waals surface area contributed by atoms with E-state index in [-0.39, 0.29) is 17.9 Å². The van der Waals surface area contributed by atoms with Gasteiger partial charge in [-0.15, -0.1) is 0 Å². The van der Waals surface area contributed by atoms with Crippen LogP contribution in [-0.2, 0) is 22.6 Å². The van der Waals surface area contributed by atoms with Crippen LogP contribution in [0.25, 0.3) is 0 Å². The summed E-state index contributed by atoms with van der Waals surface area (Å²) in [6.45, 7) is 2.58. The maximum Gasteiger partial charge on any atom is 0.226 e. The van der Waals surface area contributed by atoms with Gasteiger partial charge in [-0.2, -0.15) is 0 Å². The van der Waals surface area contributed by atoms with Crippen LogP contribution in [0.1, 0.15) is 49.8 Å². The van der Waals surface area contributed by atoms with Crippen LogP contribution in [-0.4, -0.2) is 35.1 Å². The topological polar surface area (TPSA) is 51.7 Å². The maximum atomic E-state index is 13.3. The van der Waals surface area contributed by atoms with E-state index in [9.17, 15) is 4.79 Å². The zero-order valence-electron chi connectivity index (χ0n) is 17.0. The van der Waals surface area contributed by atoms with Crippen molar-refractivity contribution in [3.63, 3.8) is 0 Å². The lowest BCUT2D eigenvalue weighted by atomic mass is 9.88. The molecule has 2 heterocycles. The SMILES string of the molecule is O=C(C1CCCCC1)N(Cc1ccc(OC2CCOC2)cc1)Cc1ccccn1. The number of nitrogens with zero attached hydrogens (tertiary/aromatic N) is 2. The molecule has 2 aromatic rings. The van der Waals surface area contributed by atoms with Gasteiger partial charge in [-0.1, -0.05) is 37.5 Å². The van der Waals surface area contributed by atoms with Crippen molar-refractivity contribution in [2.45, 2.75) is 57.7 Å². The Morgan fingerprint density at radius 3 is 2.55 bits per heavy atom. The van der Waals surface area contributed by atoms with Crippen LogP contribution in [0.3, 0.4) is 0 Å². The molecule has 29 heavy (non-hydrogen) atoms. The Morgan fingerprint density at radius 1 is 1.03 bits per heavy atom. The average Bonchev–Trinajstić information content (AvgIpc) is 3.28. The van der Waals surface area contributed by atoms with Crippen LogP contribution in [0.5, 0.6) is 5.75 Å². The van der Waals surface area contributed by atoms with Crippen molar-refractivity contribution >= 4 is 5.91 Å². The third-order valence-electron chi connectivity index (χ3n) is 5.83. The molecule has 1 aromatic heterocycles. The van der Waals surface area contributed by atoms with E-state index in [1.807, 2.05) is 35.2 Å². The van der Waals surface area contributed by atoms with Gasteiger partial charge < -0.3 is 14.4 Å². The Hall–Kier alpha value is -2.40. The van der Waals surface area contributed by atoms with E-state index >= 15 is 0 Å². The van der Waals surface area contributed by atoms with Crippen molar-refractivity contribution in [3.05, 3.63) is 59.9 Å². The summed E-state index contributed by atoms with van der Waals surface area (Å²) in [5, 5.41) is 0. The fraction of sp³-hybridized carbons (Fsp3) is 0.500. The van der Waals surface area contributed by atoms with Gasteiger partial charge >= 0.3 is 0 Å². The highest BCUT2D eigenvalue weighted by atomic mass is 16.5. The van der Waals surface area contributed by atoms with Gasteiger partial charge in [-0.05, 0) is 42.7 Å². The number of carbonyl (C=O) groups excluding carboxylic acids is 1.